The van der Waals surface area contributed by atoms with E-state index in [-0.39, 0.29) is 11.3 Å². The van der Waals surface area contributed by atoms with Crippen LogP contribution in [0.25, 0.3) is 0 Å². The van der Waals surface area contributed by atoms with Gasteiger partial charge in [-0.05, 0) is 19.1 Å². The van der Waals surface area contributed by atoms with E-state index in [4.69, 9.17) is 4.74 Å². The summed E-state index contributed by atoms with van der Waals surface area (Å²) in [5, 5.41) is 15.8. The van der Waals surface area contributed by atoms with E-state index in [0.717, 1.165) is 6.07 Å². The Labute approximate surface area is 143 Å². The second-order valence-electron chi connectivity index (χ2n) is 5.08. The van der Waals surface area contributed by atoms with E-state index in [9.17, 15) is 19.7 Å². The summed E-state index contributed by atoms with van der Waals surface area (Å²) in [6, 6.07) is 7.60. The fourth-order valence-corrected chi connectivity index (χ4v) is 1.93. The number of nitrogens with one attached hydrogen (secondary N) is 2. The molecule has 2 amide bonds. The molecule has 9 heteroatoms. The quantitative estimate of drug-likeness (QED) is 0.608. The standard InChI is InChI=1S/C16H16N4O5/c1-10(15(21)19-12-6-7-14(25-2)17-9-12)18-16(22)11-4-3-5-13(8-11)20(23)24/h3-10H,1-2H3,(H,18,22)(H,19,21). The minimum absolute atomic E-state index is 0.0972. The summed E-state index contributed by atoms with van der Waals surface area (Å²) >= 11 is 0. The van der Waals surface area contributed by atoms with Gasteiger partial charge in [0.25, 0.3) is 11.6 Å². The first-order valence-corrected chi connectivity index (χ1v) is 7.27. The van der Waals surface area contributed by atoms with E-state index in [1.165, 1.54) is 38.4 Å². The maximum Gasteiger partial charge on any atom is 0.270 e. The minimum atomic E-state index is -0.853. The Morgan fingerprint density at radius 1 is 1.28 bits per heavy atom. The molecule has 0 aliphatic rings. The number of nitrogens with zero attached hydrogens (tertiary/aromatic N) is 2. The Morgan fingerprint density at radius 2 is 2.04 bits per heavy atom. The second kappa shape index (κ2) is 7.86. The molecule has 0 aliphatic heterocycles. The Balaban J connectivity index is 1.98. The van der Waals surface area contributed by atoms with Crippen molar-refractivity contribution in [2.75, 3.05) is 12.4 Å². The van der Waals surface area contributed by atoms with E-state index < -0.39 is 22.8 Å². The highest BCUT2D eigenvalue weighted by Crippen LogP contribution is 2.14. The highest BCUT2D eigenvalue weighted by atomic mass is 16.6. The van der Waals surface area contributed by atoms with Gasteiger partial charge < -0.3 is 15.4 Å². The largest absolute Gasteiger partial charge is 0.481 e. The van der Waals surface area contributed by atoms with Crippen molar-refractivity contribution in [1.29, 1.82) is 0 Å². The van der Waals surface area contributed by atoms with E-state index in [0.29, 0.717) is 11.6 Å². The van der Waals surface area contributed by atoms with Gasteiger partial charge >= 0.3 is 0 Å². The van der Waals surface area contributed by atoms with Gasteiger partial charge in [-0.2, -0.15) is 0 Å². The van der Waals surface area contributed by atoms with Crippen molar-refractivity contribution < 1.29 is 19.2 Å². The zero-order valence-corrected chi connectivity index (χ0v) is 13.6. The molecule has 0 fully saturated rings. The molecule has 0 saturated heterocycles. The first-order chi connectivity index (χ1) is 11.9. The molecule has 2 N–H and O–H groups in total. The van der Waals surface area contributed by atoms with Crippen molar-refractivity contribution in [3.8, 4) is 5.88 Å². The monoisotopic (exact) mass is 344 g/mol. The lowest BCUT2D eigenvalue weighted by atomic mass is 10.1. The molecule has 0 spiro atoms. The fourth-order valence-electron chi connectivity index (χ4n) is 1.93. The summed E-state index contributed by atoms with van der Waals surface area (Å²) in [6.07, 6.45) is 1.42. The Bertz CT molecular complexity index is 791. The Kier molecular flexibility index (Phi) is 5.62. The molecule has 1 aromatic carbocycles. The molecule has 130 valence electrons. The van der Waals surface area contributed by atoms with E-state index in [2.05, 4.69) is 15.6 Å². The first-order valence-electron chi connectivity index (χ1n) is 7.27. The molecular formula is C16H16N4O5. The molecule has 9 nitrogen and oxygen atoms in total. The number of ether oxygens (including phenoxy) is 1. The molecule has 0 bridgehead atoms. The zero-order valence-electron chi connectivity index (χ0n) is 13.6. The van der Waals surface area contributed by atoms with Crippen molar-refractivity contribution in [2.45, 2.75) is 13.0 Å². The van der Waals surface area contributed by atoms with Gasteiger partial charge in [0.05, 0.1) is 23.9 Å². The average molecular weight is 344 g/mol. The summed E-state index contributed by atoms with van der Waals surface area (Å²) in [6.45, 7) is 1.50. The Hall–Kier alpha value is -3.49. The molecule has 1 heterocycles. The van der Waals surface area contributed by atoms with Crippen LogP contribution in [0.5, 0.6) is 5.88 Å². The van der Waals surface area contributed by atoms with Crippen LogP contribution in [0, 0.1) is 10.1 Å². The van der Waals surface area contributed by atoms with Gasteiger partial charge in [0, 0.05) is 23.8 Å². The molecule has 1 aromatic heterocycles. The maximum absolute atomic E-state index is 12.1. The number of carbonyl (C=O) groups excluding carboxylic acids is 2. The molecule has 1 unspecified atom stereocenters. The lowest BCUT2D eigenvalue weighted by Crippen LogP contribution is -2.41. The number of amides is 2. The average Bonchev–Trinajstić information content (AvgIpc) is 2.62. The van der Waals surface area contributed by atoms with E-state index in [1.807, 2.05) is 0 Å². The van der Waals surface area contributed by atoms with Crippen molar-refractivity contribution in [3.05, 3.63) is 58.3 Å². The van der Waals surface area contributed by atoms with Crippen LogP contribution < -0.4 is 15.4 Å². The van der Waals surface area contributed by atoms with Crippen LogP contribution in [0.1, 0.15) is 17.3 Å². The van der Waals surface area contributed by atoms with Crippen LogP contribution in [-0.4, -0.2) is 34.9 Å². The third kappa shape index (κ3) is 4.74. The van der Waals surface area contributed by atoms with Crippen molar-refractivity contribution in [2.24, 2.45) is 0 Å². The van der Waals surface area contributed by atoms with Gasteiger partial charge in [-0.25, -0.2) is 4.98 Å². The van der Waals surface area contributed by atoms with Crippen LogP contribution in [0.3, 0.4) is 0 Å². The van der Waals surface area contributed by atoms with Crippen LogP contribution in [0.15, 0.2) is 42.6 Å². The minimum Gasteiger partial charge on any atom is -0.481 e. The lowest BCUT2D eigenvalue weighted by molar-refractivity contribution is -0.384. The highest BCUT2D eigenvalue weighted by Gasteiger charge is 2.18. The Morgan fingerprint density at radius 3 is 2.64 bits per heavy atom. The molecule has 0 aliphatic carbocycles. The fraction of sp³-hybridized carbons (Fsp3) is 0.188. The number of methoxy groups -OCH3 is 1. The smallest absolute Gasteiger partial charge is 0.270 e. The number of aromatic nitrogens is 1. The molecule has 2 aromatic rings. The highest BCUT2D eigenvalue weighted by molar-refractivity contribution is 6.01. The van der Waals surface area contributed by atoms with Gasteiger partial charge in [-0.3, -0.25) is 19.7 Å². The van der Waals surface area contributed by atoms with Crippen LogP contribution in [0.2, 0.25) is 0 Å². The number of anilines is 1. The van der Waals surface area contributed by atoms with Gasteiger partial charge in [0.15, 0.2) is 0 Å². The molecule has 0 radical (unpaired) electrons. The number of pyridine rings is 1. The van der Waals surface area contributed by atoms with Gasteiger partial charge in [0.2, 0.25) is 11.8 Å². The third-order valence-electron chi connectivity index (χ3n) is 3.27. The zero-order chi connectivity index (χ0) is 18.4. The topological polar surface area (TPSA) is 123 Å². The normalized spacial score (nSPS) is 11.3. The van der Waals surface area contributed by atoms with Gasteiger partial charge in [-0.1, -0.05) is 6.07 Å². The molecular weight excluding hydrogens is 328 g/mol. The van der Waals surface area contributed by atoms with Gasteiger partial charge in [0.1, 0.15) is 6.04 Å². The molecule has 0 saturated carbocycles. The van der Waals surface area contributed by atoms with Crippen LogP contribution >= 0.6 is 0 Å². The van der Waals surface area contributed by atoms with Crippen molar-refractivity contribution >= 4 is 23.2 Å². The maximum atomic E-state index is 12.1. The van der Waals surface area contributed by atoms with Crippen molar-refractivity contribution in [1.82, 2.24) is 10.3 Å². The molecule has 1 atom stereocenters. The number of rotatable bonds is 6. The lowest BCUT2D eigenvalue weighted by Gasteiger charge is -2.14. The van der Waals surface area contributed by atoms with Crippen LogP contribution in [0.4, 0.5) is 11.4 Å². The second-order valence-corrected chi connectivity index (χ2v) is 5.08. The number of benzene rings is 1. The summed E-state index contributed by atoms with van der Waals surface area (Å²) in [5.41, 5.74) is 0.344. The predicted molar refractivity (Wildman–Crippen MR) is 89.4 cm³/mol. The number of nitro benzene ring substituents is 1. The number of nitro groups is 1. The summed E-state index contributed by atoms with van der Waals surface area (Å²) in [7, 11) is 1.48. The SMILES string of the molecule is COc1ccc(NC(=O)C(C)NC(=O)c2cccc([N+](=O)[O-])c2)cn1. The summed E-state index contributed by atoms with van der Waals surface area (Å²) in [5.74, 6) is -0.630. The summed E-state index contributed by atoms with van der Waals surface area (Å²) in [4.78, 5) is 38.4. The van der Waals surface area contributed by atoms with Crippen molar-refractivity contribution in [3.63, 3.8) is 0 Å². The van der Waals surface area contributed by atoms with Crippen LogP contribution in [-0.2, 0) is 4.79 Å². The van der Waals surface area contributed by atoms with E-state index in [1.54, 1.807) is 12.1 Å². The van der Waals surface area contributed by atoms with Gasteiger partial charge in [-0.15, -0.1) is 0 Å². The van der Waals surface area contributed by atoms with E-state index >= 15 is 0 Å². The molecule has 2 rings (SSSR count). The molecule has 25 heavy (non-hydrogen) atoms. The number of hydrogen-bond acceptors (Lipinski definition) is 6. The summed E-state index contributed by atoms with van der Waals surface area (Å²) < 4.78 is 4.92. The first kappa shape index (κ1) is 17.9. The third-order valence-corrected chi connectivity index (χ3v) is 3.27. The number of carbonyl (C=O) groups is 2. The number of non-ortho nitro benzene ring substituents is 1. The predicted octanol–water partition coefficient (Wildman–Crippen LogP) is 1.76. The number of hydrogen-bond donors (Lipinski definition) is 2.